The second-order valence-electron chi connectivity index (χ2n) is 5.45. The summed E-state index contributed by atoms with van der Waals surface area (Å²) in [4.78, 5) is 11.9. The molecule has 0 radical (unpaired) electrons. The van der Waals surface area contributed by atoms with E-state index in [1.54, 1.807) is 20.8 Å². The molecule has 0 aliphatic carbocycles. The predicted octanol–water partition coefficient (Wildman–Crippen LogP) is 2.42. The number of carbonyl (C=O) groups excluding carboxylic acids is 1. The Morgan fingerprint density at radius 1 is 1.26 bits per heavy atom. The Bertz CT molecular complexity index is 435. The van der Waals surface area contributed by atoms with Gasteiger partial charge in [0.2, 0.25) is 0 Å². The predicted molar refractivity (Wildman–Crippen MR) is 68.5 cm³/mol. The molecule has 5 heteroatoms. The van der Waals surface area contributed by atoms with Gasteiger partial charge < -0.3 is 10.5 Å². The van der Waals surface area contributed by atoms with Crippen LogP contribution in [-0.4, -0.2) is 18.1 Å². The largest absolute Gasteiger partial charge is 0.460 e. The molecule has 0 heterocycles. The van der Waals surface area contributed by atoms with Crippen LogP contribution in [0, 0.1) is 17.6 Å². The Hall–Kier alpha value is -1.49. The lowest BCUT2D eigenvalue weighted by molar-refractivity contribution is -0.159. The molecule has 106 valence electrons. The third-order valence-corrected chi connectivity index (χ3v) is 2.43. The summed E-state index contributed by atoms with van der Waals surface area (Å²) in [5.74, 6) is -2.41. The van der Waals surface area contributed by atoms with Gasteiger partial charge in [0.15, 0.2) is 0 Å². The van der Waals surface area contributed by atoms with Crippen molar-refractivity contribution in [1.82, 2.24) is 0 Å². The van der Waals surface area contributed by atoms with Crippen molar-refractivity contribution < 1.29 is 18.3 Å². The van der Waals surface area contributed by atoms with E-state index in [0.717, 1.165) is 6.07 Å². The first-order valence-corrected chi connectivity index (χ1v) is 6.09. The summed E-state index contributed by atoms with van der Waals surface area (Å²) in [7, 11) is 0. The minimum atomic E-state index is -0.671. The Kier molecular flexibility index (Phi) is 5.00. The number of rotatable bonds is 4. The molecule has 0 amide bonds. The summed E-state index contributed by atoms with van der Waals surface area (Å²) in [5, 5.41) is 0. The zero-order valence-electron chi connectivity index (χ0n) is 11.4. The van der Waals surface area contributed by atoms with Gasteiger partial charge in [-0.2, -0.15) is 0 Å². The molecule has 1 atom stereocenters. The van der Waals surface area contributed by atoms with Crippen molar-refractivity contribution >= 4 is 5.97 Å². The third kappa shape index (κ3) is 5.34. The fraction of sp³-hybridized carbons (Fsp3) is 0.500. The molecule has 0 aliphatic heterocycles. The number of nitrogens with two attached hydrogens (primary N) is 1. The maximum atomic E-state index is 13.1. The Balaban J connectivity index is 2.79. The maximum absolute atomic E-state index is 13.1. The molecule has 0 saturated carbocycles. The van der Waals surface area contributed by atoms with E-state index in [1.165, 1.54) is 12.1 Å². The number of benzene rings is 1. The number of carbonyl (C=O) groups is 1. The summed E-state index contributed by atoms with van der Waals surface area (Å²) >= 11 is 0. The van der Waals surface area contributed by atoms with Gasteiger partial charge in [-0.15, -0.1) is 0 Å². The normalized spacial score (nSPS) is 13.2. The molecule has 1 aromatic carbocycles. The molecule has 1 unspecified atom stereocenters. The summed E-state index contributed by atoms with van der Waals surface area (Å²) in [6.07, 6.45) is 0.153. The SMILES string of the molecule is CC(C)(C)OC(=O)C(CN)Cc1cc(F)cc(F)c1. The smallest absolute Gasteiger partial charge is 0.311 e. The van der Waals surface area contributed by atoms with Crippen molar-refractivity contribution in [2.24, 2.45) is 11.7 Å². The van der Waals surface area contributed by atoms with Crippen LogP contribution in [0.3, 0.4) is 0 Å². The van der Waals surface area contributed by atoms with Crippen LogP contribution in [0.2, 0.25) is 0 Å². The van der Waals surface area contributed by atoms with Gasteiger partial charge in [0.1, 0.15) is 17.2 Å². The highest BCUT2D eigenvalue weighted by molar-refractivity contribution is 5.73. The first-order valence-electron chi connectivity index (χ1n) is 6.09. The fourth-order valence-electron chi connectivity index (χ4n) is 1.66. The van der Waals surface area contributed by atoms with Gasteiger partial charge in [0.25, 0.3) is 0 Å². The number of ether oxygens (including phenoxy) is 1. The van der Waals surface area contributed by atoms with E-state index in [4.69, 9.17) is 10.5 Å². The molecule has 1 aromatic rings. The lowest BCUT2D eigenvalue weighted by atomic mass is 9.99. The number of hydrogen-bond donors (Lipinski definition) is 1. The molecule has 0 spiro atoms. The average Bonchev–Trinajstić information content (AvgIpc) is 2.21. The van der Waals surface area contributed by atoms with Crippen LogP contribution < -0.4 is 5.73 Å². The van der Waals surface area contributed by atoms with E-state index < -0.39 is 29.1 Å². The zero-order valence-corrected chi connectivity index (χ0v) is 11.4. The van der Waals surface area contributed by atoms with Gasteiger partial charge in [-0.05, 0) is 44.9 Å². The van der Waals surface area contributed by atoms with Gasteiger partial charge in [0.05, 0.1) is 5.92 Å². The van der Waals surface area contributed by atoms with E-state index in [9.17, 15) is 13.6 Å². The quantitative estimate of drug-likeness (QED) is 0.856. The third-order valence-electron chi connectivity index (χ3n) is 2.43. The van der Waals surface area contributed by atoms with Gasteiger partial charge in [-0.3, -0.25) is 4.79 Å². The summed E-state index contributed by atoms with van der Waals surface area (Å²) < 4.78 is 31.4. The molecule has 0 aromatic heterocycles. The maximum Gasteiger partial charge on any atom is 0.311 e. The van der Waals surface area contributed by atoms with Crippen molar-refractivity contribution in [1.29, 1.82) is 0 Å². The van der Waals surface area contributed by atoms with E-state index in [2.05, 4.69) is 0 Å². The van der Waals surface area contributed by atoms with Crippen molar-refractivity contribution in [3.63, 3.8) is 0 Å². The van der Waals surface area contributed by atoms with Crippen molar-refractivity contribution in [3.05, 3.63) is 35.4 Å². The van der Waals surface area contributed by atoms with E-state index >= 15 is 0 Å². The molecular weight excluding hydrogens is 252 g/mol. The Labute approximate surface area is 111 Å². The van der Waals surface area contributed by atoms with E-state index in [1.807, 2.05) is 0 Å². The van der Waals surface area contributed by atoms with Crippen LogP contribution in [0.5, 0.6) is 0 Å². The minimum absolute atomic E-state index is 0.0625. The zero-order chi connectivity index (χ0) is 14.6. The van der Waals surface area contributed by atoms with Crippen molar-refractivity contribution in [2.75, 3.05) is 6.54 Å². The second-order valence-corrected chi connectivity index (χ2v) is 5.45. The molecule has 19 heavy (non-hydrogen) atoms. The highest BCUT2D eigenvalue weighted by Crippen LogP contribution is 2.16. The first kappa shape index (κ1) is 15.6. The first-order chi connectivity index (χ1) is 8.71. The van der Waals surface area contributed by atoms with Crippen LogP contribution in [0.15, 0.2) is 18.2 Å². The number of esters is 1. The van der Waals surface area contributed by atoms with Crippen LogP contribution in [0.1, 0.15) is 26.3 Å². The summed E-state index contributed by atoms with van der Waals surface area (Å²) in [6, 6.07) is 3.17. The van der Waals surface area contributed by atoms with E-state index in [-0.39, 0.29) is 13.0 Å². The molecule has 3 nitrogen and oxygen atoms in total. The van der Waals surface area contributed by atoms with Gasteiger partial charge in [-0.1, -0.05) is 0 Å². The molecular formula is C14H19F2NO2. The Morgan fingerprint density at radius 2 is 1.79 bits per heavy atom. The Morgan fingerprint density at radius 3 is 2.21 bits per heavy atom. The molecule has 1 rings (SSSR count). The molecule has 0 aliphatic rings. The lowest BCUT2D eigenvalue weighted by Gasteiger charge is -2.23. The second kappa shape index (κ2) is 6.10. The highest BCUT2D eigenvalue weighted by atomic mass is 19.1. The molecule has 0 bridgehead atoms. The van der Waals surface area contributed by atoms with Crippen molar-refractivity contribution in [3.8, 4) is 0 Å². The highest BCUT2D eigenvalue weighted by Gasteiger charge is 2.24. The van der Waals surface area contributed by atoms with Gasteiger partial charge >= 0.3 is 5.97 Å². The standard InChI is InChI=1S/C14H19F2NO2/c1-14(2,3)19-13(18)10(8-17)4-9-5-11(15)7-12(16)6-9/h5-7,10H,4,8,17H2,1-3H3. The number of halogens is 2. The van der Waals surface area contributed by atoms with Crippen LogP contribution in [0.4, 0.5) is 8.78 Å². The lowest BCUT2D eigenvalue weighted by Crippen LogP contribution is -2.33. The summed E-state index contributed by atoms with van der Waals surface area (Å²) in [5.41, 5.74) is 5.30. The van der Waals surface area contributed by atoms with Gasteiger partial charge in [-0.25, -0.2) is 8.78 Å². The van der Waals surface area contributed by atoms with Gasteiger partial charge in [0, 0.05) is 12.6 Å². The monoisotopic (exact) mass is 271 g/mol. The topological polar surface area (TPSA) is 52.3 Å². The van der Waals surface area contributed by atoms with Crippen LogP contribution in [-0.2, 0) is 16.0 Å². The van der Waals surface area contributed by atoms with E-state index in [0.29, 0.717) is 5.56 Å². The summed E-state index contributed by atoms with van der Waals surface area (Å²) in [6.45, 7) is 5.31. The fourth-order valence-corrected chi connectivity index (χ4v) is 1.66. The van der Waals surface area contributed by atoms with Crippen LogP contribution >= 0.6 is 0 Å². The number of hydrogen-bond acceptors (Lipinski definition) is 3. The minimum Gasteiger partial charge on any atom is -0.460 e. The van der Waals surface area contributed by atoms with Crippen molar-refractivity contribution in [2.45, 2.75) is 32.8 Å². The average molecular weight is 271 g/mol. The molecule has 0 saturated heterocycles. The van der Waals surface area contributed by atoms with Crippen LogP contribution in [0.25, 0.3) is 0 Å². The molecule has 2 N–H and O–H groups in total. The molecule has 0 fully saturated rings.